The van der Waals surface area contributed by atoms with Gasteiger partial charge in [-0.1, -0.05) is 6.07 Å². The Bertz CT molecular complexity index is 727. The lowest BCUT2D eigenvalue weighted by molar-refractivity contribution is -0.141. The van der Waals surface area contributed by atoms with Crippen molar-refractivity contribution in [3.8, 4) is 0 Å². The van der Waals surface area contributed by atoms with Gasteiger partial charge < -0.3 is 10.0 Å². The van der Waals surface area contributed by atoms with Crippen LogP contribution in [-0.4, -0.2) is 48.6 Å². The second kappa shape index (κ2) is 4.56. The summed E-state index contributed by atoms with van der Waals surface area (Å²) in [5, 5.41) is 9.21. The van der Waals surface area contributed by atoms with E-state index in [9.17, 15) is 23.1 Å². The predicted molar refractivity (Wildman–Crippen MR) is 73.7 cm³/mol. The summed E-state index contributed by atoms with van der Waals surface area (Å²) in [6, 6.07) is 4.94. The Balaban J connectivity index is 1.93. The molecule has 1 saturated heterocycles. The number of nitrogens with zero attached hydrogens (tertiary/aromatic N) is 1. The number of hydrogen-bond donors (Lipinski definition) is 1. The predicted octanol–water partition coefficient (Wildman–Crippen LogP) is 0.778. The van der Waals surface area contributed by atoms with E-state index in [1.54, 1.807) is 0 Å². The summed E-state index contributed by atoms with van der Waals surface area (Å²) in [7, 11) is -3.40. The van der Waals surface area contributed by atoms with Crippen LogP contribution >= 0.6 is 0 Å². The fraction of sp³-hybridized carbons (Fsp3) is 0.429. The van der Waals surface area contributed by atoms with Crippen LogP contribution < -0.4 is 0 Å². The Hall–Kier alpha value is -1.89. The van der Waals surface area contributed by atoms with Gasteiger partial charge in [0.2, 0.25) is 0 Å². The van der Waals surface area contributed by atoms with E-state index in [0.29, 0.717) is 6.42 Å². The molecule has 3 atom stereocenters. The van der Waals surface area contributed by atoms with E-state index in [4.69, 9.17) is 0 Å². The first-order valence-electron chi connectivity index (χ1n) is 6.64. The van der Waals surface area contributed by atoms with Crippen molar-refractivity contribution in [1.82, 2.24) is 4.90 Å². The van der Waals surface area contributed by atoms with Crippen LogP contribution in [0.25, 0.3) is 0 Å². The molecule has 2 aliphatic rings. The van der Waals surface area contributed by atoms with Gasteiger partial charge in [-0.2, -0.15) is 0 Å². The van der Waals surface area contributed by atoms with Gasteiger partial charge in [0, 0.05) is 17.9 Å². The van der Waals surface area contributed by atoms with Gasteiger partial charge in [0.15, 0.2) is 9.84 Å². The molecule has 1 aliphatic carbocycles. The summed E-state index contributed by atoms with van der Waals surface area (Å²) in [4.78, 5) is 25.3. The summed E-state index contributed by atoms with van der Waals surface area (Å²) >= 11 is 0. The second-order valence-corrected chi connectivity index (χ2v) is 7.68. The zero-order valence-corrected chi connectivity index (χ0v) is 12.2. The monoisotopic (exact) mass is 309 g/mol. The lowest BCUT2D eigenvalue weighted by Gasteiger charge is -2.24. The Morgan fingerprint density at radius 2 is 2.00 bits per heavy atom. The van der Waals surface area contributed by atoms with Crippen molar-refractivity contribution >= 4 is 21.7 Å². The number of sulfone groups is 1. The van der Waals surface area contributed by atoms with E-state index in [0.717, 1.165) is 12.7 Å². The third kappa shape index (κ3) is 2.42. The van der Waals surface area contributed by atoms with E-state index in [1.165, 1.54) is 29.2 Å². The van der Waals surface area contributed by atoms with Crippen LogP contribution in [-0.2, 0) is 14.6 Å². The van der Waals surface area contributed by atoms with Crippen LogP contribution in [0.5, 0.6) is 0 Å². The summed E-state index contributed by atoms with van der Waals surface area (Å²) < 4.78 is 23.1. The molecule has 0 bridgehead atoms. The smallest absolute Gasteiger partial charge is 0.326 e. The van der Waals surface area contributed by atoms with Gasteiger partial charge >= 0.3 is 5.97 Å². The third-order valence-corrected chi connectivity index (χ3v) is 5.24. The van der Waals surface area contributed by atoms with Gasteiger partial charge in [-0.3, -0.25) is 4.79 Å². The highest BCUT2D eigenvalue weighted by Gasteiger charge is 2.56. The van der Waals surface area contributed by atoms with Gasteiger partial charge in [0.1, 0.15) is 6.04 Å². The first-order valence-corrected chi connectivity index (χ1v) is 8.54. The molecule has 1 aliphatic heterocycles. The molecule has 21 heavy (non-hydrogen) atoms. The van der Waals surface area contributed by atoms with Crippen molar-refractivity contribution in [1.29, 1.82) is 0 Å². The molecule has 7 heteroatoms. The molecule has 2 fully saturated rings. The Kier molecular flexibility index (Phi) is 3.05. The number of rotatable bonds is 3. The maximum Gasteiger partial charge on any atom is 0.326 e. The number of aliphatic carboxylic acids is 1. The van der Waals surface area contributed by atoms with Crippen molar-refractivity contribution < 1.29 is 23.1 Å². The zero-order valence-electron chi connectivity index (χ0n) is 11.4. The SMILES string of the molecule is CS(=O)(=O)c1cccc(C(=O)N2C3C[C@@H]3C[C@@H]2C(=O)O)c1. The number of carboxylic acids is 1. The summed E-state index contributed by atoms with van der Waals surface area (Å²) in [6.45, 7) is 0. The molecule has 1 heterocycles. The van der Waals surface area contributed by atoms with E-state index >= 15 is 0 Å². The van der Waals surface area contributed by atoms with Gasteiger partial charge in [-0.25, -0.2) is 13.2 Å². The van der Waals surface area contributed by atoms with Crippen LogP contribution in [0.1, 0.15) is 23.2 Å². The number of piperidine rings is 1. The number of carbonyl (C=O) groups is 2. The second-order valence-electron chi connectivity index (χ2n) is 5.67. The number of carboxylic acid groups (broad SMARTS) is 1. The number of amides is 1. The average molecular weight is 309 g/mol. The number of benzene rings is 1. The van der Waals surface area contributed by atoms with Crippen molar-refractivity contribution in [3.63, 3.8) is 0 Å². The lowest BCUT2D eigenvalue weighted by atomic mass is 10.1. The molecule has 1 aromatic rings. The molecule has 3 rings (SSSR count). The zero-order chi connectivity index (χ0) is 15.4. The van der Waals surface area contributed by atoms with Crippen molar-refractivity contribution in [3.05, 3.63) is 29.8 Å². The summed E-state index contributed by atoms with van der Waals surface area (Å²) in [5.41, 5.74) is 0.219. The highest BCUT2D eigenvalue weighted by atomic mass is 32.2. The average Bonchev–Trinajstić information content (AvgIpc) is 3.08. The van der Waals surface area contributed by atoms with Crippen LogP contribution in [0.4, 0.5) is 0 Å². The van der Waals surface area contributed by atoms with Gasteiger partial charge in [-0.05, 0) is 37.0 Å². The maximum absolute atomic E-state index is 12.5. The first kappa shape index (κ1) is 14.1. The van der Waals surface area contributed by atoms with Gasteiger partial charge in [0.25, 0.3) is 5.91 Å². The number of hydrogen-bond acceptors (Lipinski definition) is 4. The highest BCUT2D eigenvalue weighted by molar-refractivity contribution is 7.90. The van der Waals surface area contributed by atoms with Crippen LogP contribution in [0, 0.1) is 5.92 Å². The standard InChI is InChI=1S/C14H15NO5S/c1-21(19,20)10-4-2-3-8(5-10)13(16)15-11-6-9(11)7-12(15)14(17)18/h2-5,9,11-12H,6-7H2,1H3,(H,17,18)/t9-,11?,12-/m1/s1. The van der Waals surface area contributed by atoms with Crippen molar-refractivity contribution in [2.45, 2.75) is 29.8 Å². The van der Waals surface area contributed by atoms with E-state index in [1.807, 2.05) is 0 Å². The minimum atomic E-state index is -3.40. The topological polar surface area (TPSA) is 91.8 Å². The lowest BCUT2D eigenvalue weighted by Crippen LogP contribution is -2.43. The van der Waals surface area contributed by atoms with E-state index < -0.39 is 27.8 Å². The van der Waals surface area contributed by atoms with Gasteiger partial charge in [0.05, 0.1) is 4.90 Å². The number of fused-ring (bicyclic) bond motifs is 1. The molecule has 0 aromatic heterocycles. The summed E-state index contributed by atoms with van der Waals surface area (Å²) in [5.74, 6) is -1.14. The van der Waals surface area contributed by atoms with Crippen LogP contribution in [0.3, 0.4) is 0 Å². The molecule has 0 radical (unpaired) electrons. The molecule has 1 amide bonds. The number of likely N-dealkylation sites (tertiary alicyclic amines) is 1. The fourth-order valence-corrected chi connectivity index (χ4v) is 3.64. The molecule has 1 saturated carbocycles. The quantitative estimate of drug-likeness (QED) is 0.890. The first-order chi connectivity index (χ1) is 9.79. The molecule has 1 aromatic carbocycles. The molecule has 0 spiro atoms. The molecule has 6 nitrogen and oxygen atoms in total. The molecular formula is C14H15NO5S. The van der Waals surface area contributed by atoms with E-state index in [2.05, 4.69) is 0 Å². The molecule has 1 N–H and O–H groups in total. The largest absolute Gasteiger partial charge is 0.480 e. The Morgan fingerprint density at radius 3 is 2.62 bits per heavy atom. The summed E-state index contributed by atoms with van der Waals surface area (Å²) in [6.07, 6.45) is 2.39. The Morgan fingerprint density at radius 1 is 1.29 bits per heavy atom. The van der Waals surface area contributed by atoms with E-state index in [-0.39, 0.29) is 22.4 Å². The fourth-order valence-electron chi connectivity index (χ4n) is 2.98. The van der Waals surface area contributed by atoms with Crippen LogP contribution in [0.15, 0.2) is 29.2 Å². The molecule has 1 unspecified atom stereocenters. The normalized spacial score (nSPS) is 27.3. The van der Waals surface area contributed by atoms with Crippen molar-refractivity contribution in [2.75, 3.05) is 6.26 Å². The molecule has 112 valence electrons. The third-order valence-electron chi connectivity index (χ3n) is 4.13. The minimum Gasteiger partial charge on any atom is -0.480 e. The highest BCUT2D eigenvalue weighted by Crippen LogP contribution is 2.48. The van der Waals surface area contributed by atoms with Crippen molar-refractivity contribution in [2.24, 2.45) is 5.92 Å². The molecular weight excluding hydrogens is 294 g/mol. The number of carbonyl (C=O) groups excluding carboxylic acids is 1. The minimum absolute atomic E-state index is 0.0134. The van der Waals surface area contributed by atoms with Gasteiger partial charge in [-0.15, -0.1) is 0 Å². The Labute approximate surface area is 122 Å². The van der Waals surface area contributed by atoms with Crippen LogP contribution in [0.2, 0.25) is 0 Å². The maximum atomic E-state index is 12.5.